The van der Waals surface area contributed by atoms with Gasteiger partial charge in [-0.05, 0) is 121 Å². The van der Waals surface area contributed by atoms with Crippen molar-refractivity contribution in [3.63, 3.8) is 0 Å². The Balaban J connectivity index is 1.14. The summed E-state index contributed by atoms with van der Waals surface area (Å²) in [4.78, 5) is -0.283. The monoisotopic (exact) mass is 542 g/mol. The fourth-order valence-electron chi connectivity index (χ4n) is 5.98. The van der Waals surface area contributed by atoms with Crippen molar-refractivity contribution in [2.45, 2.75) is 61.8 Å². The van der Waals surface area contributed by atoms with E-state index < -0.39 is 15.8 Å². The average Bonchev–Trinajstić information content (AvgIpc) is 3.41. The fraction of sp³-hybridized carbons (Fsp3) is 0.448. The normalized spacial score (nSPS) is 24.0. The molecule has 0 aliphatic heterocycles. The third kappa shape index (κ3) is 6.42. The van der Waals surface area contributed by atoms with Crippen LogP contribution in [0, 0.1) is 17.7 Å². The highest BCUT2D eigenvalue weighted by Gasteiger charge is 2.31. The predicted octanol–water partition coefficient (Wildman–Crippen LogP) is 5.61. The maximum absolute atomic E-state index is 13.9. The molecule has 0 amide bonds. The lowest BCUT2D eigenvalue weighted by Crippen LogP contribution is -2.42. The van der Waals surface area contributed by atoms with E-state index in [1.807, 2.05) is 12.1 Å². The fourth-order valence-corrected chi connectivity index (χ4v) is 7.86. The van der Waals surface area contributed by atoms with Crippen LogP contribution in [-0.2, 0) is 22.9 Å². The number of sulfonamides is 1. The van der Waals surface area contributed by atoms with Gasteiger partial charge in [0.25, 0.3) is 0 Å². The van der Waals surface area contributed by atoms with Crippen molar-refractivity contribution >= 4 is 21.4 Å². The number of hydrogen-bond acceptors (Lipinski definition) is 5. The molecule has 0 unspecified atom stereocenters. The largest absolute Gasteiger partial charge is 0.508 e. The van der Waals surface area contributed by atoms with Gasteiger partial charge in [0, 0.05) is 18.5 Å². The zero-order valence-electron chi connectivity index (χ0n) is 20.9. The molecule has 1 aromatic heterocycles. The predicted molar refractivity (Wildman–Crippen MR) is 146 cm³/mol. The molecule has 0 radical (unpaired) electrons. The smallest absolute Gasteiger partial charge is 0.243 e. The zero-order valence-corrected chi connectivity index (χ0v) is 22.5. The summed E-state index contributed by atoms with van der Waals surface area (Å²) in [6, 6.07) is 13.9. The Morgan fingerprint density at radius 2 is 1.73 bits per heavy atom. The number of halogens is 1. The molecule has 198 valence electrons. The highest BCUT2D eigenvalue weighted by atomic mass is 32.2. The summed E-state index contributed by atoms with van der Waals surface area (Å²) in [5.74, 6) is 0.848. The molecule has 2 aromatic carbocycles. The second-order valence-electron chi connectivity index (χ2n) is 10.5. The molecule has 1 saturated carbocycles. The van der Waals surface area contributed by atoms with Crippen LogP contribution in [-0.4, -0.2) is 32.7 Å². The van der Waals surface area contributed by atoms with Gasteiger partial charge in [0.05, 0.1) is 0 Å². The van der Waals surface area contributed by atoms with Gasteiger partial charge in [-0.25, -0.2) is 17.5 Å². The number of nitrogens with one attached hydrogen (secondary N) is 2. The second kappa shape index (κ2) is 11.6. The number of benzene rings is 2. The molecule has 3 N–H and O–H groups in total. The van der Waals surface area contributed by atoms with Crippen molar-refractivity contribution in [1.29, 1.82) is 0 Å². The van der Waals surface area contributed by atoms with E-state index >= 15 is 0 Å². The summed E-state index contributed by atoms with van der Waals surface area (Å²) < 4.78 is 41.6. The van der Waals surface area contributed by atoms with Gasteiger partial charge in [0.1, 0.15) is 16.5 Å². The second-order valence-corrected chi connectivity index (χ2v) is 13.1. The molecular weight excluding hydrogens is 507 g/mol. The molecule has 2 aliphatic rings. The minimum Gasteiger partial charge on any atom is -0.508 e. The molecule has 2 atom stereocenters. The maximum Gasteiger partial charge on any atom is 0.243 e. The Morgan fingerprint density at radius 3 is 2.46 bits per heavy atom. The summed E-state index contributed by atoms with van der Waals surface area (Å²) in [5.41, 5.74) is 3.97. The topological polar surface area (TPSA) is 78.4 Å². The molecule has 1 heterocycles. The average molecular weight is 543 g/mol. The Labute approximate surface area is 223 Å². The molecule has 5 rings (SSSR count). The number of phenols is 1. The lowest BCUT2D eigenvalue weighted by Gasteiger charge is -2.36. The Hall–Kier alpha value is -2.26. The van der Waals surface area contributed by atoms with E-state index in [0.29, 0.717) is 30.2 Å². The molecule has 37 heavy (non-hydrogen) atoms. The summed E-state index contributed by atoms with van der Waals surface area (Å²) in [6.07, 6.45) is 7.08. The number of fused-ring (bicyclic) bond motifs is 1. The molecule has 2 aliphatic carbocycles. The molecular formula is C29H35FN2O3S2. The number of aryl methyl sites for hydroxylation is 1. The number of rotatable bonds is 9. The van der Waals surface area contributed by atoms with E-state index in [-0.39, 0.29) is 10.8 Å². The van der Waals surface area contributed by atoms with Crippen molar-refractivity contribution < 1.29 is 17.9 Å². The van der Waals surface area contributed by atoms with Crippen molar-refractivity contribution in [1.82, 2.24) is 10.0 Å². The first-order valence-electron chi connectivity index (χ1n) is 13.2. The standard InChI is InChI=1S/C29H35FN2O3S2/c30-27-3-1-2-4-29(27)37(34,35)32-18-21-7-5-20(6-8-21)17-31-28-12-9-23-16-24(33)10-11-25(23)26(28)15-22-13-14-36-19-22/h1-4,10-11,13-14,16,19-21,26,28,31-33H,5-9,12,15,17-18H2/t20?,21?,26-,28+/m1/s1. The van der Waals surface area contributed by atoms with E-state index in [0.717, 1.165) is 51.5 Å². The van der Waals surface area contributed by atoms with Crippen LogP contribution in [0.5, 0.6) is 5.75 Å². The first-order valence-corrected chi connectivity index (χ1v) is 15.6. The van der Waals surface area contributed by atoms with Crippen LogP contribution in [0.2, 0.25) is 0 Å². The van der Waals surface area contributed by atoms with Gasteiger partial charge in [-0.2, -0.15) is 11.3 Å². The van der Waals surface area contributed by atoms with Crippen molar-refractivity contribution in [2.24, 2.45) is 11.8 Å². The summed E-state index contributed by atoms with van der Waals surface area (Å²) in [7, 11) is -3.84. The summed E-state index contributed by atoms with van der Waals surface area (Å²) in [6.45, 7) is 1.32. The van der Waals surface area contributed by atoms with E-state index in [4.69, 9.17) is 0 Å². The number of aromatic hydroxyl groups is 1. The van der Waals surface area contributed by atoms with Crippen molar-refractivity contribution in [3.8, 4) is 5.75 Å². The third-order valence-electron chi connectivity index (χ3n) is 8.10. The minimum absolute atomic E-state index is 0.276. The lowest BCUT2D eigenvalue weighted by atomic mass is 9.76. The van der Waals surface area contributed by atoms with Crippen LogP contribution in [0.15, 0.2) is 64.2 Å². The van der Waals surface area contributed by atoms with Gasteiger partial charge in [0.15, 0.2) is 0 Å². The number of phenolic OH excluding ortho intramolecular Hbond substituents is 1. The van der Waals surface area contributed by atoms with Gasteiger partial charge < -0.3 is 10.4 Å². The number of thiophene rings is 1. The van der Waals surface area contributed by atoms with E-state index in [2.05, 4.69) is 32.9 Å². The highest BCUT2D eigenvalue weighted by Crippen LogP contribution is 2.37. The molecule has 0 saturated heterocycles. The Morgan fingerprint density at radius 1 is 0.973 bits per heavy atom. The number of hydrogen-bond donors (Lipinski definition) is 3. The minimum atomic E-state index is -3.84. The zero-order chi connectivity index (χ0) is 25.8. The lowest BCUT2D eigenvalue weighted by molar-refractivity contribution is 0.252. The Bertz CT molecular complexity index is 1290. The molecule has 1 fully saturated rings. The third-order valence-corrected chi connectivity index (χ3v) is 10.3. The summed E-state index contributed by atoms with van der Waals surface area (Å²) in [5, 5.41) is 18.2. The van der Waals surface area contributed by atoms with Crippen molar-refractivity contribution in [3.05, 3.63) is 81.8 Å². The van der Waals surface area contributed by atoms with Crippen LogP contribution in [0.3, 0.4) is 0 Å². The maximum atomic E-state index is 13.9. The van der Waals surface area contributed by atoms with E-state index in [1.54, 1.807) is 11.3 Å². The van der Waals surface area contributed by atoms with Gasteiger partial charge in [0.2, 0.25) is 10.0 Å². The van der Waals surface area contributed by atoms with Gasteiger partial charge in [-0.3, -0.25) is 0 Å². The highest BCUT2D eigenvalue weighted by molar-refractivity contribution is 7.89. The van der Waals surface area contributed by atoms with Crippen LogP contribution in [0.1, 0.15) is 54.7 Å². The quantitative estimate of drug-likeness (QED) is 0.329. The molecule has 8 heteroatoms. The first kappa shape index (κ1) is 26.4. The van der Waals surface area contributed by atoms with Crippen molar-refractivity contribution in [2.75, 3.05) is 13.1 Å². The van der Waals surface area contributed by atoms with Gasteiger partial charge in [-0.15, -0.1) is 0 Å². The molecule has 3 aromatic rings. The molecule has 5 nitrogen and oxygen atoms in total. The van der Waals surface area contributed by atoms with E-state index in [9.17, 15) is 17.9 Å². The SMILES string of the molecule is O=S(=O)(NCC1CCC(CN[C@H]2CCc3cc(O)ccc3[C@H]2Cc2ccsc2)CC1)c1ccccc1F. The Kier molecular flexibility index (Phi) is 8.29. The van der Waals surface area contributed by atoms with Crippen LogP contribution < -0.4 is 10.0 Å². The van der Waals surface area contributed by atoms with Crippen LogP contribution >= 0.6 is 11.3 Å². The van der Waals surface area contributed by atoms with E-state index in [1.165, 1.54) is 41.0 Å². The van der Waals surface area contributed by atoms with Crippen LogP contribution in [0.4, 0.5) is 4.39 Å². The molecule has 0 spiro atoms. The first-order chi connectivity index (χ1) is 17.9. The van der Waals surface area contributed by atoms with Gasteiger partial charge in [-0.1, -0.05) is 18.2 Å². The summed E-state index contributed by atoms with van der Waals surface area (Å²) >= 11 is 1.73. The van der Waals surface area contributed by atoms with Gasteiger partial charge >= 0.3 is 0 Å². The molecule has 0 bridgehead atoms. The van der Waals surface area contributed by atoms with Crippen LogP contribution in [0.25, 0.3) is 0 Å².